The number of carbonyl (C=O) groups is 2. The summed E-state index contributed by atoms with van der Waals surface area (Å²) < 4.78 is 0.973. The number of carbonyl (C=O) groups excluding carboxylic acids is 2. The van der Waals surface area contributed by atoms with Crippen molar-refractivity contribution in [3.05, 3.63) is 69.2 Å². The summed E-state index contributed by atoms with van der Waals surface area (Å²) in [5, 5.41) is 3.67. The number of rotatable bonds is 8. The highest BCUT2D eigenvalue weighted by molar-refractivity contribution is 9.10. The molecule has 1 atom stereocenters. The second kappa shape index (κ2) is 11.2. The molecule has 1 N–H and O–H groups in total. The standard InChI is InChI=1S/C23H28BrClN2O2S/c1-16(22(29)26-23(2,3)4)27(13-17-5-9-19(24)10-6-17)21(28)15-30-14-18-7-11-20(25)12-8-18/h5-12,16H,13-15H2,1-4H3,(H,26,29)/t16-/m1/s1. The predicted octanol–water partition coefficient (Wildman–Crippen LogP) is 5.67. The molecule has 30 heavy (non-hydrogen) atoms. The van der Waals surface area contributed by atoms with Crippen LogP contribution in [0, 0.1) is 0 Å². The molecule has 0 fully saturated rings. The maximum absolute atomic E-state index is 13.1. The Morgan fingerprint density at radius 1 is 1.07 bits per heavy atom. The fourth-order valence-corrected chi connectivity index (χ4v) is 4.02. The normalized spacial score (nSPS) is 12.3. The fraction of sp³-hybridized carbons (Fsp3) is 0.391. The van der Waals surface area contributed by atoms with Crippen LogP contribution in [0.1, 0.15) is 38.8 Å². The minimum absolute atomic E-state index is 0.0616. The van der Waals surface area contributed by atoms with Gasteiger partial charge in [-0.1, -0.05) is 51.8 Å². The third-order valence-corrected chi connectivity index (χ3v) is 6.11. The Labute approximate surface area is 196 Å². The van der Waals surface area contributed by atoms with Crippen LogP contribution in [0.5, 0.6) is 0 Å². The van der Waals surface area contributed by atoms with E-state index in [2.05, 4.69) is 21.2 Å². The molecule has 0 spiro atoms. The molecule has 2 aromatic rings. The molecule has 0 heterocycles. The Hall–Kier alpha value is -1.50. The lowest BCUT2D eigenvalue weighted by Gasteiger charge is -2.31. The summed E-state index contributed by atoms with van der Waals surface area (Å²) in [6.45, 7) is 7.95. The third-order valence-electron chi connectivity index (χ3n) is 4.34. The van der Waals surface area contributed by atoms with Crippen molar-refractivity contribution in [1.29, 1.82) is 0 Å². The lowest BCUT2D eigenvalue weighted by Crippen LogP contribution is -2.52. The van der Waals surface area contributed by atoms with Crippen molar-refractivity contribution in [1.82, 2.24) is 10.2 Å². The Morgan fingerprint density at radius 3 is 2.20 bits per heavy atom. The van der Waals surface area contributed by atoms with E-state index < -0.39 is 6.04 Å². The lowest BCUT2D eigenvalue weighted by molar-refractivity contribution is -0.139. The number of benzene rings is 2. The molecule has 2 rings (SSSR count). The molecule has 0 aliphatic rings. The molecule has 0 saturated carbocycles. The maximum Gasteiger partial charge on any atom is 0.242 e. The summed E-state index contributed by atoms with van der Waals surface area (Å²) in [4.78, 5) is 27.5. The zero-order chi connectivity index (χ0) is 22.3. The van der Waals surface area contributed by atoms with Gasteiger partial charge >= 0.3 is 0 Å². The molecule has 0 radical (unpaired) electrons. The van der Waals surface area contributed by atoms with Gasteiger partial charge in [0.15, 0.2) is 0 Å². The molecule has 4 nitrogen and oxygen atoms in total. The Balaban J connectivity index is 2.08. The summed E-state index contributed by atoms with van der Waals surface area (Å²) in [5.41, 5.74) is 1.72. The van der Waals surface area contributed by atoms with Crippen LogP contribution in [0.2, 0.25) is 5.02 Å². The van der Waals surface area contributed by atoms with E-state index in [0.29, 0.717) is 23.1 Å². The van der Waals surface area contributed by atoms with E-state index in [1.165, 1.54) is 11.8 Å². The van der Waals surface area contributed by atoms with Crippen LogP contribution in [0.3, 0.4) is 0 Å². The van der Waals surface area contributed by atoms with Gasteiger partial charge in [0, 0.05) is 27.3 Å². The van der Waals surface area contributed by atoms with Crippen LogP contribution in [0.15, 0.2) is 53.0 Å². The van der Waals surface area contributed by atoms with Crippen molar-refractivity contribution in [2.45, 2.75) is 51.6 Å². The lowest BCUT2D eigenvalue weighted by atomic mass is 10.1. The van der Waals surface area contributed by atoms with E-state index in [1.807, 2.05) is 69.3 Å². The second-order valence-corrected chi connectivity index (χ2v) is 10.5. The summed E-state index contributed by atoms with van der Waals surface area (Å²) in [5.74, 6) is 0.785. The van der Waals surface area contributed by atoms with Gasteiger partial charge in [-0.05, 0) is 63.1 Å². The van der Waals surface area contributed by atoms with Crippen molar-refractivity contribution >= 4 is 51.1 Å². The van der Waals surface area contributed by atoms with E-state index in [1.54, 1.807) is 11.8 Å². The van der Waals surface area contributed by atoms with Gasteiger partial charge in [-0.15, -0.1) is 11.8 Å². The number of halogens is 2. The SMILES string of the molecule is C[C@H](C(=O)NC(C)(C)C)N(Cc1ccc(Br)cc1)C(=O)CSCc1ccc(Cl)cc1. The first-order chi connectivity index (χ1) is 14.0. The maximum atomic E-state index is 13.1. The van der Waals surface area contributed by atoms with Crippen LogP contribution < -0.4 is 5.32 Å². The van der Waals surface area contributed by atoms with E-state index in [4.69, 9.17) is 11.6 Å². The minimum atomic E-state index is -0.573. The number of thioether (sulfide) groups is 1. The van der Waals surface area contributed by atoms with Crippen molar-refractivity contribution in [2.24, 2.45) is 0 Å². The van der Waals surface area contributed by atoms with Gasteiger partial charge in [0.25, 0.3) is 0 Å². The number of nitrogens with one attached hydrogen (secondary N) is 1. The molecule has 0 aromatic heterocycles. The van der Waals surface area contributed by atoms with Crippen LogP contribution in [-0.2, 0) is 21.9 Å². The smallest absolute Gasteiger partial charge is 0.242 e. The topological polar surface area (TPSA) is 49.4 Å². The Kier molecular flexibility index (Phi) is 9.26. The average Bonchev–Trinajstić information content (AvgIpc) is 2.67. The number of amides is 2. The molecule has 0 aliphatic carbocycles. The molecule has 0 bridgehead atoms. The summed E-state index contributed by atoms with van der Waals surface area (Å²) in [7, 11) is 0. The summed E-state index contributed by atoms with van der Waals surface area (Å²) >= 11 is 10.9. The number of hydrogen-bond donors (Lipinski definition) is 1. The van der Waals surface area contributed by atoms with Gasteiger partial charge in [-0.2, -0.15) is 0 Å². The van der Waals surface area contributed by atoms with Gasteiger partial charge in [0.1, 0.15) is 6.04 Å². The second-order valence-electron chi connectivity index (χ2n) is 8.18. The zero-order valence-corrected chi connectivity index (χ0v) is 20.9. The van der Waals surface area contributed by atoms with Gasteiger partial charge < -0.3 is 10.2 Å². The van der Waals surface area contributed by atoms with Crippen molar-refractivity contribution < 1.29 is 9.59 Å². The quantitative estimate of drug-likeness (QED) is 0.497. The van der Waals surface area contributed by atoms with E-state index in [9.17, 15) is 9.59 Å². The summed E-state index contributed by atoms with van der Waals surface area (Å²) in [6, 6.07) is 14.8. The Bertz CT molecular complexity index is 851. The molecule has 2 aromatic carbocycles. The molecule has 0 aliphatic heterocycles. The first kappa shape index (κ1) is 24.8. The molecular weight excluding hydrogens is 484 g/mol. The highest BCUT2D eigenvalue weighted by Gasteiger charge is 2.28. The molecule has 7 heteroatoms. The van der Waals surface area contributed by atoms with E-state index in [-0.39, 0.29) is 17.4 Å². The number of nitrogens with zero attached hydrogens (tertiary/aromatic N) is 1. The van der Waals surface area contributed by atoms with Crippen LogP contribution in [0.4, 0.5) is 0 Å². The predicted molar refractivity (Wildman–Crippen MR) is 130 cm³/mol. The minimum Gasteiger partial charge on any atom is -0.350 e. The highest BCUT2D eigenvalue weighted by atomic mass is 79.9. The van der Waals surface area contributed by atoms with Gasteiger partial charge in [-0.3, -0.25) is 9.59 Å². The Morgan fingerprint density at radius 2 is 1.63 bits per heavy atom. The van der Waals surface area contributed by atoms with Gasteiger partial charge in [-0.25, -0.2) is 0 Å². The average molecular weight is 512 g/mol. The molecule has 0 unspecified atom stereocenters. The summed E-state index contributed by atoms with van der Waals surface area (Å²) in [6.07, 6.45) is 0. The molecular formula is C23H28BrClN2O2S. The van der Waals surface area contributed by atoms with E-state index in [0.717, 1.165) is 15.6 Å². The first-order valence-electron chi connectivity index (χ1n) is 9.73. The van der Waals surface area contributed by atoms with Gasteiger partial charge in [0.05, 0.1) is 5.75 Å². The number of hydrogen-bond acceptors (Lipinski definition) is 3. The van der Waals surface area contributed by atoms with Crippen LogP contribution in [-0.4, -0.2) is 34.0 Å². The fourth-order valence-electron chi connectivity index (χ4n) is 2.76. The largest absolute Gasteiger partial charge is 0.350 e. The highest BCUT2D eigenvalue weighted by Crippen LogP contribution is 2.19. The third kappa shape index (κ3) is 8.32. The van der Waals surface area contributed by atoms with Crippen molar-refractivity contribution in [3.8, 4) is 0 Å². The van der Waals surface area contributed by atoms with Crippen LogP contribution >= 0.6 is 39.3 Å². The van der Waals surface area contributed by atoms with Crippen molar-refractivity contribution in [2.75, 3.05) is 5.75 Å². The van der Waals surface area contributed by atoms with Crippen molar-refractivity contribution in [3.63, 3.8) is 0 Å². The van der Waals surface area contributed by atoms with Crippen LogP contribution in [0.25, 0.3) is 0 Å². The molecule has 162 valence electrons. The van der Waals surface area contributed by atoms with E-state index >= 15 is 0 Å². The molecule has 0 saturated heterocycles. The first-order valence-corrected chi connectivity index (χ1v) is 12.1. The van der Waals surface area contributed by atoms with Gasteiger partial charge in [0.2, 0.25) is 11.8 Å². The monoisotopic (exact) mass is 510 g/mol. The zero-order valence-electron chi connectivity index (χ0n) is 17.7. The molecule has 2 amide bonds.